The van der Waals surface area contributed by atoms with Gasteiger partial charge in [0.15, 0.2) is 11.5 Å². The molecule has 0 saturated heterocycles. The monoisotopic (exact) mass is 328 g/mol. The summed E-state index contributed by atoms with van der Waals surface area (Å²) in [7, 11) is 1.61. The van der Waals surface area contributed by atoms with E-state index < -0.39 is 0 Å². The van der Waals surface area contributed by atoms with Crippen molar-refractivity contribution < 1.29 is 14.3 Å². The molecule has 0 heterocycles. The van der Waals surface area contributed by atoms with Crippen molar-refractivity contribution in [1.82, 2.24) is 5.32 Å². The van der Waals surface area contributed by atoms with Gasteiger partial charge in [-0.3, -0.25) is 4.79 Å². The largest absolute Gasteiger partial charge is 0.493 e. The Labute approximate surface area is 138 Å². The summed E-state index contributed by atoms with van der Waals surface area (Å²) in [5.41, 5.74) is 6.84. The number of carbonyl (C=O) groups excluding carboxylic acids is 1. The van der Waals surface area contributed by atoms with E-state index in [0.717, 1.165) is 24.8 Å². The number of amides is 1. The Bertz CT molecular complexity index is 496. The maximum Gasteiger partial charge on any atom is 0.223 e. The highest BCUT2D eigenvalue weighted by Gasteiger charge is 2.27. The van der Waals surface area contributed by atoms with Crippen LogP contribution in [-0.4, -0.2) is 25.7 Å². The van der Waals surface area contributed by atoms with Crippen LogP contribution >= 0.6 is 12.4 Å². The van der Waals surface area contributed by atoms with Gasteiger partial charge in [0.2, 0.25) is 5.91 Å². The van der Waals surface area contributed by atoms with Crippen molar-refractivity contribution in [1.29, 1.82) is 0 Å². The molecule has 124 valence electrons. The van der Waals surface area contributed by atoms with Crippen LogP contribution in [0.5, 0.6) is 11.5 Å². The molecule has 1 amide bonds. The summed E-state index contributed by atoms with van der Waals surface area (Å²) in [6.45, 7) is 3.00. The first kappa shape index (κ1) is 18.6. The van der Waals surface area contributed by atoms with Crippen LogP contribution in [-0.2, 0) is 11.3 Å². The van der Waals surface area contributed by atoms with Gasteiger partial charge in [0.25, 0.3) is 0 Å². The van der Waals surface area contributed by atoms with E-state index in [4.69, 9.17) is 15.2 Å². The predicted molar refractivity (Wildman–Crippen MR) is 88.6 cm³/mol. The number of halogens is 1. The second kappa shape index (κ2) is 8.86. The molecular weight excluding hydrogens is 304 g/mol. The molecule has 1 fully saturated rings. The quantitative estimate of drug-likeness (QED) is 0.840. The van der Waals surface area contributed by atoms with Crippen molar-refractivity contribution in [2.45, 2.75) is 38.8 Å². The van der Waals surface area contributed by atoms with Gasteiger partial charge in [0, 0.05) is 18.5 Å². The van der Waals surface area contributed by atoms with Gasteiger partial charge >= 0.3 is 0 Å². The van der Waals surface area contributed by atoms with Gasteiger partial charge in [-0.1, -0.05) is 6.07 Å². The van der Waals surface area contributed by atoms with Crippen molar-refractivity contribution in [3.8, 4) is 11.5 Å². The Hall–Kier alpha value is -1.46. The van der Waals surface area contributed by atoms with Crippen LogP contribution in [0, 0.1) is 5.92 Å². The number of benzene rings is 1. The van der Waals surface area contributed by atoms with Crippen LogP contribution in [0.15, 0.2) is 18.2 Å². The molecule has 1 aromatic rings. The molecule has 1 aromatic carbocycles. The van der Waals surface area contributed by atoms with Gasteiger partial charge in [-0.05, 0) is 43.9 Å². The Morgan fingerprint density at radius 2 is 2.14 bits per heavy atom. The van der Waals surface area contributed by atoms with Crippen LogP contribution in [0.3, 0.4) is 0 Å². The first-order chi connectivity index (χ1) is 10.1. The predicted octanol–water partition coefficient (Wildman–Crippen LogP) is 2.26. The summed E-state index contributed by atoms with van der Waals surface area (Å²) >= 11 is 0. The maximum absolute atomic E-state index is 12.1. The van der Waals surface area contributed by atoms with E-state index in [1.54, 1.807) is 7.11 Å². The molecule has 2 atom stereocenters. The minimum absolute atomic E-state index is 0. The van der Waals surface area contributed by atoms with E-state index in [9.17, 15) is 4.79 Å². The first-order valence-electron chi connectivity index (χ1n) is 7.47. The zero-order valence-corrected chi connectivity index (χ0v) is 13.9. The van der Waals surface area contributed by atoms with Gasteiger partial charge in [-0.2, -0.15) is 0 Å². The molecule has 0 spiro atoms. The minimum atomic E-state index is 0. The normalized spacial score (nSPS) is 20.1. The van der Waals surface area contributed by atoms with Gasteiger partial charge in [0.1, 0.15) is 0 Å². The molecular formula is C16H25ClN2O3. The third-order valence-corrected chi connectivity index (χ3v) is 3.84. The average Bonchev–Trinajstić information content (AvgIpc) is 2.92. The summed E-state index contributed by atoms with van der Waals surface area (Å²) in [5.74, 6) is 1.56. The van der Waals surface area contributed by atoms with Crippen molar-refractivity contribution in [3.63, 3.8) is 0 Å². The smallest absolute Gasteiger partial charge is 0.223 e. The number of nitrogens with one attached hydrogen (secondary N) is 1. The Morgan fingerprint density at radius 1 is 1.36 bits per heavy atom. The minimum Gasteiger partial charge on any atom is -0.493 e. The van der Waals surface area contributed by atoms with E-state index in [0.29, 0.717) is 24.7 Å². The first-order valence-corrected chi connectivity index (χ1v) is 7.47. The lowest BCUT2D eigenvalue weighted by molar-refractivity contribution is -0.125. The number of methoxy groups -OCH3 is 1. The molecule has 0 radical (unpaired) electrons. The fourth-order valence-corrected chi connectivity index (χ4v) is 2.69. The van der Waals surface area contributed by atoms with Crippen LogP contribution in [0.25, 0.3) is 0 Å². The zero-order valence-electron chi connectivity index (χ0n) is 13.1. The molecule has 22 heavy (non-hydrogen) atoms. The Kier molecular flexibility index (Phi) is 7.48. The lowest BCUT2D eigenvalue weighted by Crippen LogP contribution is -2.30. The van der Waals surface area contributed by atoms with Crippen LogP contribution < -0.4 is 20.5 Å². The lowest BCUT2D eigenvalue weighted by Gasteiger charge is -2.13. The third kappa shape index (κ3) is 4.78. The fourth-order valence-electron chi connectivity index (χ4n) is 2.69. The summed E-state index contributed by atoms with van der Waals surface area (Å²) in [6.07, 6.45) is 2.62. The number of ether oxygens (including phenoxy) is 2. The van der Waals surface area contributed by atoms with Crippen molar-refractivity contribution in [2.24, 2.45) is 11.7 Å². The standard InChI is InChI=1S/C16H24N2O3.ClH/c1-3-21-15-8-11(4-7-14(15)20-2)10-18-16(19)12-5-6-13(17)9-12;/h4,7-8,12-13H,3,5-6,9-10,17H2,1-2H3,(H,18,19);1H. The van der Waals surface area contributed by atoms with Crippen LogP contribution in [0.2, 0.25) is 0 Å². The van der Waals surface area contributed by atoms with E-state index in [-0.39, 0.29) is 30.3 Å². The van der Waals surface area contributed by atoms with Crippen molar-refractivity contribution in [3.05, 3.63) is 23.8 Å². The number of nitrogens with two attached hydrogens (primary N) is 1. The molecule has 1 aliphatic carbocycles. The highest BCUT2D eigenvalue weighted by atomic mass is 35.5. The molecule has 0 aromatic heterocycles. The number of carbonyl (C=O) groups is 1. The summed E-state index contributed by atoms with van der Waals surface area (Å²) in [6, 6.07) is 5.87. The number of hydrogen-bond acceptors (Lipinski definition) is 4. The Balaban J connectivity index is 0.00000242. The fraction of sp³-hybridized carbons (Fsp3) is 0.562. The summed E-state index contributed by atoms with van der Waals surface area (Å²) < 4.78 is 10.8. The van der Waals surface area contributed by atoms with Crippen molar-refractivity contribution in [2.75, 3.05) is 13.7 Å². The molecule has 6 heteroatoms. The topological polar surface area (TPSA) is 73.6 Å². The number of hydrogen-bond donors (Lipinski definition) is 2. The summed E-state index contributed by atoms with van der Waals surface area (Å²) in [4.78, 5) is 12.1. The molecule has 2 unspecified atom stereocenters. The van der Waals surface area contributed by atoms with Gasteiger partial charge in [-0.25, -0.2) is 0 Å². The third-order valence-electron chi connectivity index (χ3n) is 3.84. The van der Waals surface area contributed by atoms with Crippen molar-refractivity contribution >= 4 is 18.3 Å². The highest BCUT2D eigenvalue weighted by Crippen LogP contribution is 2.28. The molecule has 1 aliphatic rings. The van der Waals surface area contributed by atoms with Gasteiger partial charge in [-0.15, -0.1) is 12.4 Å². The molecule has 5 nitrogen and oxygen atoms in total. The molecule has 2 rings (SSSR count). The zero-order chi connectivity index (χ0) is 15.2. The lowest BCUT2D eigenvalue weighted by atomic mass is 10.1. The van der Waals surface area contributed by atoms with E-state index in [1.165, 1.54) is 0 Å². The summed E-state index contributed by atoms with van der Waals surface area (Å²) in [5, 5.41) is 2.98. The Morgan fingerprint density at radius 3 is 2.73 bits per heavy atom. The molecule has 1 saturated carbocycles. The SMILES string of the molecule is CCOc1cc(CNC(=O)C2CCC(N)C2)ccc1OC.Cl. The van der Waals surface area contributed by atoms with Crippen LogP contribution in [0.4, 0.5) is 0 Å². The maximum atomic E-state index is 12.1. The average molecular weight is 329 g/mol. The molecule has 0 aliphatic heterocycles. The van der Waals surface area contributed by atoms with E-state index in [2.05, 4.69) is 5.32 Å². The van der Waals surface area contributed by atoms with E-state index >= 15 is 0 Å². The number of rotatable bonds is 6. The van der Waals surface area contributed by atoms with Gasteiger partial charge in [0.05, 0.1) is 13.7 Å². The second-order valence-electron chi connectivity index (χ2n) is 5.41. The van der Waals surface area contributed by atoms with Crippen LogP contribution in [0.1, 0.15) is 31.7 Å². The van der Waals surface area contributed by atoms with Gasteiger partial charge < -0.3 is 20.5 Å². The van der Waals surface area contributed by atoms with E-state index in [1.807, 2.05) is 25.1 Å². The highest BCUT2D eigenvalue weighted by molar-refractivity contribution is 5.85. The molecule has 3 N–H and O–H groups in total. The molecule has 0 bridgehead atoms. The second-order valence-corrected chi connectivity index (χ2v) is 5.41.